The van der Waals surface area contributed by atoms with Crippen molar-refractivity contribution in [1.29, 1.82) is 0 Å². The minimum absolute atomic E-state index is 0.0342. The second kappa shape index (κ2) is 11.4. The summed E-state index contributed by atoms with van der Waals surface area (Å²) in [5.41, 5.74) is 3.11. The number of halogens is 1. The first-order chi connectivity index (χ1) is 19.5. The zero-order chi connectivity index (χ0) is 27.6. The van der Waals surface area contributed by atoms with Crippen LogP contribution in [-0.4, -0.2) is 84.6 Å². The van der Waals surface area contributed by atoms with Gasteiger partial charge in [0.25, 0.3) is 0 Å². The molecule has 0 saturated carbocycles. The minimum atomic E-state index is -0.208. The lowest BCUT2D eigenvalue weighted by atomic mass is 10.1. The Balaban J connectivity index is 1.33. The number of carbonyl (C=O) groups excluding carboxylic acids is 1. The fraction of sp³-hybridized carbons (Fsp3) is 0.452. The van der Waals surface area contributed by atoms with E-state index in [1.54, 1.807) is 6.07 Å². The number of hydrogen-bond donors (Lipinski definition) is 0. The van der Waals surface area contributed by atoms with Crippen molar-refractivity contribution in [3.63, 3.8) is 0 Å². The number of aromatic nitrogens is 2. The van der Waals surface area contributed by atoms with E-state index in [1.165, 1.54) is 18.6 Å². The number of likely N-dealkylation sites (tertiary alicyclic amines) is 1. The van der Waals surface area contributed by atoms with Gasteiger partial charge in [0.05, 0.1) is 12.2 Å². The van der Waals surface area contributed by atoms with Gasteiger partial charge < -0.3 is 24.3 Å². The molecule has 40 heavy (non-hydrogen) atoms. The van der Waals surface area contributed by atoms with Gasteiger partial charge in [-0.25, -0.2) is 4.39 Å². The molecule has 210 valence electrons. The van der Waals surface area contributed by atoms with Gasteiger partial charge in [-0.2, -0.15) is 9.97 Å². The van der Waals surface area contributed by atoms with Crippen molar-refractivity contribution in [2.45, 2.75) is 38.3 Å². The largest absolute Gasteiger partial charge is 0.462 e. The number of anilines is 2. The fourth-order valence-electron chi connectivity index (χ4n) is 6.28. The van der Waals surface area contributed by atoms with Gasteiger partial charge in [-0.3, -0.25) is 4.79 Å². The van der Waals surface area contributed by atoms with Crippen molar-refractivity contribution in [1.82, 2.24) is 19.8 Å². The lowest BCUT2D eigenvalue weighted by Crippen LogP contribution is -2.49. The summed E-state index contributed by atoms with van der Waals surface area (Å²) < 4.78 is 20.9. The molecule has 0 bridgehead atoms. The Labute approximate surface area is 235 Å². The summed E-state index contributed by atoms with van der Waals surface area (Å²) in [4.78, 5) is 30.9. The second-order valence-electron chi connectivity index (χ2n) is 11.0. The maximum Gasteiger partial charge on any atom is 0.318 e. The Kier molecular flexibility index (Phi) is 7.56. The van der Waals surface area contributed by atoms with Gasteiger partial charge in [0, 0.05) is 60.8 Å². The summed E-state index contributed by atoms with van der Waals surface area (Å²) in [6.07, 6.45) is 5.44. The van der Waals surface area contributed by atoms with Gasteiger partial charge >= 0.3 is 6.01 Å². The van der Waals surface area contributed by atoms with Crippen molar-refractivity contribution in [2.75, 3.05) is 62.7 Å². The molecule has 1 amide bonds. The minimum Gasteiger partial charge on any atom is -0.462 e. The normalized spacial score (nSPS) is 19.9. The van der Waals surface area contributed by atoms with Gasteiger partial charge in [0.15, 0.2) is 0 Å². The average molecular weight is 545 g/mol. The molecule has 2 saturated heterocycles. The lowest BCUT2D eigenvalue weighted by molar-refractivity contribution is -0.126. The summed E-state index contributed by atoms with van der Waals surface area (Å²) in [6, 6.07) is 11.9. The molecule has 2 aromatic carbocycles. The molecular weight excluding hydrogens is 507 g/mol. The van der Waals surface area contributed by atoms with Crippen LogP contribution in [0.2, 0.25) is 0 Å². The van der Waals surface area contributed by atoms with E-state index in [4.69, 9.17) is 14.7 Å². The summed E-state index contributed by atoms with van der Waals surface area (Å²) >= 11 is 0. The van der Waals surface area contributed by atoms with Crippen LogP contribution in [0.25, 0.3) is 10.8 Å². The van der Waals surface area contributed by atoms with Crippen LogP contribution in [0.1, 0.15) is 30.5 Å². The summed E-state index contributed by atoms with van der Waals surface area (Å²) in [5, 5.41) is 1.54. The zero-order valence-corrected chi connectivity index (χ0v) is 23.2. The summed E-state index contributed by atoms with van der Waals surface area (Å²) in [7, 11) is 2.14. The Hall–Kier alpha value is -3.72. The van der Waals surface area contributed by atoms with E-state index in [-0.39, 0.29) is 11.7 Å². The third-order valence-corrected chi connectivity index (χ3v) is 8.57. The number of rotatable bonds is 6. The predicted octanol–water partition coefficient (Wildman–Crippen LogP) is 4.03. The van der Waals surface area contributed by atoms with E-state index in [2.05, 4.69) is 34.4 Å². The maximum absolute atomic E-state index is 14.6. The van der Waals surface area contributed by atoms with Crippen LogP contribution >= 0.6 is 0 Å². The molecule has 4 heterocycles. The molecular formula is C31H37FN6O2. The quantitative estimate of drug-likeness (QED) is 0.434. The van der Waals surface area contributed by atoms with Crippen LogP contribution in [-0.2, 0) is 17.8 Å². The number of benzene rings is 2. The lowest BCUT2D eigenvalue weighted by Gasteiger charge is -2.36. The van der Waals surface area contributed by atoms with Gasteiger partial charge in [-0.15, -0.1) is 0 Å². The number of piperazine rings is 1. The monoisotopic (exact) mass is 544 g/mol. The van der Waals surface area contributed by atoms with Crippen molar-refractivity contribution < 1.29 is 13.9 Å². The highest BCUT2D eigenvalue weighted by molar-refractivity contribution is 5.94. The van der Waals surface area contributed by atoms with Crippen LogP contribution < -0.4 is 14.5 Å². The Morgan fingerprint density at radius 1 is 1.02 bits per heavy atom. The molecule has 8 nitrogen and oxygen atoms in total. The molecule has 0 N–H and O–H groups in total. The SMILES string of the molecule is C=CC(=O)N1CCN(c2nc(OCC3CCCN3C)nc3c2CCCN(c2cccc4c(F)cccc24)C3)CC1. The topological polar surface area (TPSA) is 65.0 Å². The summed E-state index contributed by atoms with van der Waals surface area (Å²) in [6.45, 7) is 9.34. The molecule has 0 spiro atoms. The predicted molar refractivity (Wildman–Crippen MR) is 155 cm³/mol. The molecule has 3 aliphatic heterocycles. The van der Waals surface area contributed by atoms with Gasteiger partial charge in [0.1, 0.15) is 18.2 Å². The third-order valence-electron chi connectivity index (χ3n) is 8.57. The van der Waals surface area contributed by atoms with Crippen LogP contribution in [0.5, 0.6) is 6.01 Å². The van der Waals surface area contributed by atoms with Gasteiger partial charge in [-0.1, -0.05) is 30.8 Å². The number of carbonyl (C=O) groups is 1. The fourth-order valence-corrected chi connectivity index (χ4v) is 6.28. The van der Waals surface area contributed by atoms with Crippen molar-refractivity contribution >= 4 is 28.2 Å². The Bertz CT molecular complexity index is 1410. The van der Waals surface area contributed by atoms with Gasteiger partial charge in [0.2, 0.25) is 5.91 Å². The highest BCUT2D eigenvalue weighted by Gasteiger charge is 2.29. The highest BCUT2D eigenvalue weighted by atomic mass is 19.1. The first-order valence-electron chi connectivity index (χ1n) is 14.3. The average Bonchev–Trinajstić information content (AvgIpc) is 3.27. The molecule has 6 rings (SSSR count). The van der Waals surface area contributed by atoms with E-state index in [1.807, 2.05) is 23.1 Å². The number of amides is 1. The molecule has 1 atom stereocenters. The van der Waals surface area contributed by atoms with Crippen LogP contribution in [0.4, 0.5) is 15.9 Å². The second-order valence-corrected chi connectivity index (χ2v) is 11.0. The molecule has 0 radical (unpaired) electrons. The first kappa shape index (κ1) is 26.5. The Morgan fingerprint density at radius 3 is 2.60 bits per heavy atom. The number of hydrogen-bond acceptors (Lipinski definition) is 7. The highest BCUT2D eigenvalue weighted by Crippen LogP contribution is 2.34. The van der Waals surface area contributed by atoms with Crippen LogP contribution in [0.15, 0.2) is 49.1 Å². The van der Waals surface area contributed by atoms with Crippen LogP contribution in [0.3, 0.4) is 0 Å². The Morgan fingerprint density at radius 2 is 1.82 bits per heavy atom. The van der Waals surface area contributed by atoms with Crippen molar-refractivity contribution in [3.8, 4) is 6.01 Å². The third kappa shape index (κ3) is 5.22. The molecule has 1 aromatic heterocycles. The van der Waals surface area contributed by atoms with Gasteiger partial charge in [-0.05, 0) is 57.5 Å². The molecule has 2 fully saturated rings. The first-order valence-corrected chi connectivity index (χ1v) is 14.3. The van der Waals surface area contributed by atoms with Crippen LogP contribution in [0, 0.1) is 5.82 Å². The molecule has 0 aliphatic carbocycles. The maximum atomic E-state index is 14.6. The number of fused-ring (bicyclic) bond motifs is 2. The van der Waals surface area contributed by atoms with E-state index in [0.717, 1.165) is 60.5 Å². The van der Waals surface area contributed by atoms with Crippen molar-refractivity contribution in [2.24, 2.45) is 0 Å². The van der Waals surface area contributed by atoms with Crippen molar-refractivity contribution in [3.05, 3.63) is 66.1 Å². The number of nitrogens with zero attached hydrogens (tertiary/aromatic N) is 6. The molecule has 3 aliphatic rings. The smallest absolute Gasteiger partial charge is 0.318 e. The molecule has 9 heteroatoms. The molecule has 1 unspecified atom stereocenters. The number of likely N-dealkylation sites (N-methyl/N-ethyl adjacent to an activating group) is 1. The zero-order valence-electron chi connectivity index (χ0n) is 23.2. The summed E-state index contributed by atoms with van der Waals surface area (Å²) in [5.74, 6) is 0.671. The standard InChI is InChI=1S/C31H37FN6O2/c1-3-29(39)36-16-18-37(19-17-36)30-25-11-7-15-38(28-13-5-9-23-24(28)10-4-12-26(23)32)20-27(25)33-31(34-30)40-21-22-8-6-14-35(22)2/h3-5,9-10,12-13,22H,1,6-8,11,14-21H2,2H3. The van der Waals surface area contributed by atoms with E-state index in [9.17, 15) is 9.18 Å². The van der Waals surface area contributed by atoms with E-state index >= 15 is 0 Å². The van der Waals surface area contributed by atoms with E-state index in [0.29, 0.717) is 56.8 Å². The van der Waals surface area contributed by atoms with E-state index < -0.39 is 0 Å². The number of ether oxygens (including phenoxy) is 1. The molecule has 3 aromatic rings.